The highest BCUT2D eigenvalue weighted by molar-refractivity contribution is 5.48. The summed E-state index contributed by atoms with van der Waals surface area (Å²) >= 11 is 0. The van der Waals surface area contributed by atoms with E-state index in [-0.39, 0.29) is 0 Å². The third-order valence-corrected chi connectivity index (χ3v) is 6.30. The topological polar surface area (TPSA) is 35.9 Å². The number of anilines is 1. The van der Waals surface area contributed by atoms with Gasteiger partial charge in [-0.1, -0.05) is 43.7 Å². The maximum absolute atomic E-state index is 11.1. The van der Waals surface area contributed by atoms with E-state index in [0.29, 0.717) is 0 Å². The van der Waals surface area contributed by atoms with Crippen LogP contribution in [-0.4, -0.2) is 55.4 Å². The van der Waals surface area contributed by atoms with E-state index in [1.54, 1.807) is 0 Å². The molecule has 1 heterocycles. The van der Waals surface area contributed by atoms with Crippen LogP contribution in [0.1, 0.15) is 44.6 Å². The fraction of sp³-hybridized carbons (Fsp3) is 0.538. The fourth-order valence-corrected chi connectivity index (χ4v) is 4.01. The van der Waals surface area contributed by atoms with Crippen LogP contribution in [0.15, 0.2) is 54.6 Å². The van der Waals surface area contributed by atoms with E-state index in [9.17, 15) is 5.11 Å². The number of unbranched alkanes of at least 4 members (excludes halogenated alkanes) is 1. The van der Waals surface area contributed by atoms with Crippen LogP contribution in [0.5, 0.6) is 5.75 Å². The van der Waals surface area contributed by atoms with Crippen LogP contribution in [-0.2, 0) is 6.42 Å². The van der Waals surface area contributed by atoms with Crippen LogP contribution in [0, 0.1) is 0 Å². The minimum absolute atomic E-state index is 0.541. The zero-order valence-electron chi connectivity index (χ0n) is 18.7. The van der Waals surface area contributed by atoms with Gasteiger partial charge in [-0.05, 0) is 61.9 Å². The Kier molecular flexibility index (Phi) is 8.59. The number of aliphatic hydroxyl groups is 1. The lowest BCUT2D eigenvalue weighted by atomic mass is 9.88. The number of ether oxygens (including phenoxy) is 1. The fourth-order valence-electron chi connectivity index (χ4n) is 4.01. The van der Waals surface area contributed by atoms with Gasteiger partial charge in [0, 0.05) is 38.9 Å². The van der Waals surface area contributed by atoms with Gasteiger partial charge in [-0.25, -0.2) is 0 Å². The third-order valence-electron chi connectivity index (χ3n) is 6.30. The molecule has 0 bridgehead atoms. The summed E-state index contributed by atoms with van der Waals surface area (Å²) in [5.74, 6) is 0.933. The van der Waals surface area contributed by atoms with E-state index >= 15 is 0 Å². The molecule has 2 aromatic rings. The Morgan fingerprint density at radius 3 is 2.40 bits per heavy atom. The molecule has 0 saturated carbocycles. The molecule has 0 spiro atoms. The van der Waals surface area contributed by atoms with Crippen LogP contribution in [0.4, 0.5) is 5.69 Å². The summed E-state index contributed by atoms with van der Waals surface area (Å²) in [4.78, 5) is 4.72. The Morgan fingerprint density at radius 1 is 1.03 bits per heavy atom. The molecule has 0 radical (unpaired) electrons. The number of rotatable bonds is 11. The first-order valence-electron chi connectivity index (χ1n) is 11.5. The lowest BCUT2D eigenvalue weighted by molar-refractivity contribution is -0.0254. The van der Waals surface area contributed by atoms with Crippen LogP contribution in [0.25, 0.3) is 0 Å². The van der Waals surface area contributed by atoms with Crippen LogP contribution in [0.2, 0.25) is 0 Å². The Labute approximate surface area is 182 Å². The summed E-state index contributed by atoms with van der Waals surface area (Å²) in [6, 6.07) is 19.0. The van der Waals surface area contributed by atoms with Crippen molar-refractivity contribution in [2.45, 2.75) is 51.0 Å². The number of piperidine rings is 1. The summed E-state index contributed by atoms with van der Waals surface area (Å²) in [7, 11) is 2.10. The van der Waals surface area contributed by atoms with E-state index in [0.717, 1.165) is 77.1 Å². The standard InChI is InChI=1S/C26H38N2O2/c1-3-4-22-30-25-12-10-24(11-13-25)27(2)19-15-26(29)16-20-28(21-17-26)18-14-23-8-6-5-7-9-23/h5-13,29H,3-4,14-22H2,1-2H3. The Balaban J connectivity index is 1.38. The molecule has 1 fully saturated rings. The summed E-state index contributed by atoms with van der Waals surface area (Å²) in [6.45, 7) is 6.85. The number of nitrogens with zero attached hydrogens (tertiary/aromatic N) is 2. The van der Waals surface area contributed by atoms with Gasteiger partial charge >= 0.3 is 0 Å². The van der Waals surface area contributed by atoms with Crippen molar-refractivity contribution in [1.82, 2.24) is 4.90 Å². The molecule has 0 amide bonds. The Bertz CT molecular complexity index is 724. The van der Waals surface area contributed by atoms with Gasteiger partial charge in [0.1, 0.15) is 5.75 Å². The molecule has 0 unspecified atom stereocenters. The quantitative estimate of drug-likeness (QED) is 0.542. The van der Waals surface area contributed by atoms with Gasteiger partial charge in [-0.3, -0.25) is 0 Å². The number of hydrogen-bond donors (Lipinski definition) is 1. The van der Waals surface area contributed by atoms with E-state index < -0.39 is 5.60 Å². The van der Waals surface area contributed by atoms with Crippen molar-refractivity contribution in [2.75, 3.05) is 44.7 Å². The number of likely N-dealkylation sites (tertiary alicyclic amines) is 1. The SMILES string of the molecule is CCCCOc1ccc(N(C)CCC2(O)CCN(CCc3ccccc3)CC2)cc1. The largest absolute Gasteiger partial charge is 0.494 e. The molecule has 1 aliphatic rings. The van der Waals surface area contributed by atoms with Gasteiger partial charge in [-0.2, -0.15) is 0 Å². The molecule has 4 heteroatoms. The second-order valence-electron chi connectivity index (χ2n) is 8.67. The summed E-state index contributed by atoms with van der Waals surface area (Å²) in [5, 5.41) is 11.1. The molecular weight excluding hydrogens is 372 g/mol. The molecule has 0 atom stereocenters. The molecule has 0 aromatic heterocycles. The molecule has 164 valence electrons. The molecule has 1 N–H and O–H groups in total. The average molecular weight is 411 g/mol. The van der Waals surface area contributed by atoms with Crippen molar-refractivity contribution in [3.05, 3.63) is 60.2 Å². The highest BCUT2D eigenvalue weighted by Gasteiger charge is 2.32. The van der Waals surface area contributed by atoms with Gasteiger partial charge in [0.25, 0.3) is 0 Å². The highest BCUT2D eigenvalue weighted by Crippen LogP contribution is 2.27. The minimum atomic E-state index is -0.541. The lowest BCUT2D eigenvalue weighted by Gasteiger charge is -2.39. The molecule has 0 aliphatic carbocycles. The molecule has 30 heavy (non-hydrogen) atoms. The van der Waals surface area contributed by atoms with Crippen molar-refractivity contribution in [3.63, 3.8) is 0 Å². The van der Waals surface area contributed by atoms with Gasteiger partial charge in [0.2, 0.25) is 0 Å². The Hall–Kier alpha value is -2.04. The zero-order chi connectivity index (χ0) is 21.2. The first-order chi connectivity index (χ1) is 14.6. The van der Waals surface area contributed by atoms with Crippen molar-refractivity contribution in [3.8, 4) is 5.75 Å². The molecule has 3 rings (SSSR count). The normalized spacial score (nSPS) is 16.4. The maximum Gasteiger partial charge on any atom is 0.119 e. The second kappa shape index (κ2) is 11.4. The van der Waals surface area contributed by atoms with E-state index in [4.69, 9.17) is 4.74 Å². The lowest BCUT2D eigenvalue weighted by Crippen LogP contribution is -2.46. The predicted octanol–water partition coefficient (Wildman–Crippen LogP) is 4.76. The molecule has 2 aromatic carbocycles. The first kappa shape index (κ1) is 22.6. The van der Waals surface area contributed by atoms with Gasteiger partial charge in [-0.15, -0.1) is 0 Å². The Morgan fingerprint density at radius 2 is 1.73 bits per heavy atom. The van der Waals surface area contributed by atoms with E-state index in [1.165, 1.54) is 11.3 Å². The molecular formula is C26H38N2O2. The summed E-state index contributed by atoms with van der Waals surface area (Å²) in [6.07, 6.45) is 5.85. The smallest absolute Gasteiger partial charge is 0.119 e. The maximum atomic E-state index is 11.1. The van der Waals surface area contributed by atoms with Crippen molar-refractivity contribution >= 4 is 5.69 Å². The van der Waals surface area contributed by atoms with Crippen molar-refractivity contribution in [1.29, 1.82) is 0 Å². The van der Waals surface area contributed by atoms with Crippen LogP contribution < -0.4 is 9.64 Å². The van der Waals surface area contributed by atoms with Gasteiger partial charge < -0.3 is 19.6 Å². The van der Waals surface area contributed by atoms with Crippen LogP contribution in [0.3, 0.4) is 0 Å². The summed E-state index contributed by atoms with van der Waals surface area (Å²) < 4.78 is 5.75. The molecule has 1 aliphatic heterocycles. The van der Waals surface area contributed by atoms with Crippen molar-refractivity contribution in [2.24, 2.45) is 0 Å². The average Bonchev–Trinajstić information content (AvgIpc) is 2.79. The number of hydrogen-bond acceptors (Lipinski definition) is 4. The first-order valence-corrected chi connectivity index (χ1v) is 11.5. The third kappa shape index (κ3) is 7.03. The molecule has 1 saturated heterocycles. The highest BCUT2D eigenvalue weighted by atomic mass is 16.5. The number of benzene rings is 2. The van der Waals surface area contributed by atoms with Crippen molar-refractivity contribution < 1.29 is 9.84 Å². The zero-order valence-corrected chi connectivity index (χ0v) is 18.7. The van der Waals surface area contributed by atoms with Gasteiger partial charge in [0.15, 0.2) is 0 Å². The predicted molar refractivity (Wildman–Crippen MR) is 126 cm³/mol. The van der Waals surface area contributed by atoms with E-state index in [1.807, 2.05) is 12.1 Å². The second-order valence-corrected chi connectivity index (χ2v) is 8.67. The van der Waals surface area contributed by atoms with E-state index in [2.05, 4.69) is 66.2 Å². The minimum Gasteiger partial charge on any atom is -0.494 e. The summed E-state index contributed by atoms with van der Waals surface area (Å²) in [5.41, 5.74) is 2.02. The van der Waals surface area contributed by atoms with Gasteiger partial charge in [0.05, 0.1) is 12.2 Å². The monoisotopic (exact) mass is 410 g/mol. The molecule has 4 nitrogen and oxygen atoms in total. The van der Waals surface area contributed by atoms with Crippen LogP contribution >= 0.6 is 0 Å².